The molecule has 1 aromatic rings. The van der Waals surface area contributed by atoms with Crippen LogP contribution in [-0.2, 0) is 14.3 Å². The molecule has 0 saturated heterocycles. The van der Waals surface area contributed by atoms with Crippen LogP contribution < -0.4 is 5.32 Å². The third-order valence-corrected chi connectivity index (χ3v) is 3.67. The van der Waals surface area contributed by atoms with Crippen LogP contribution in [0.3, 0.4) is 0 Å². The van der Waals surface area contributed by atoms with E-state index in [1.165, 1.54) is 23.3 Å². The van der Waals surface area contributed by atoms with Crippen molar-refractivity contribution in [1.29, 1.82) is 0 Å². The summed E-state index contributed by atoms with van der Waals surface area (Å²) in [6, 6.07) is 1.73. The van der Waals surface area contributed by atoms with Crippen LogP contribution in [0.25, 0.3) is 0 Å². The summed E-state index contributed by atoms with van der Waals surface area (Å²) >= 11 is 1.44. The van der Waals surface area contributed by atoms with Crippen LogP contribution in [0.2, 0.25) is 0 Å². The lowest BCUT2D eigenvalue weighted by Gasteiger charge is -2.20. The van der Waals surface area contributed by atoms with Gasteiger partial charge < -0.3 is 15.0 Å². The van der Waals surface area contributed by atoms with E-state index in [9.17, 15) is 14.4 Å². The van der Waals surface area contributed by atoms with Crippen molar-refractivity contribution in [1.82, 2.24) is 10.2 Å². The minimum atomic E-state index is -0.371. The summed E-state index contributed by atoms with van der Waals surface area (Å²) in [5.41, 5.74) is 0.597. The molecule has 1 unspecified atom stereocenters. The Balaban J connectivity index is 2.30. The van der Waals surface area contributed by atoms with Crippen molar-refractivity contribution in [2.45, 2.75) is 13.3 Å². The van der Waals surface area contributed by atoms with Crippen LogP contribution in [-0.4, -0.2) is 49.9 Å². The van der Waals surface area contributed by atoms with Crippen LogP contribution >= 0.6 is 11.3 Å². The number of carbonyl (C=O) groups is 3. The van der Waals surface area contributed by atoms with Gasteiger partial charge in [0.1, 0.15) is 0 Å². The van der Waals surface area contributed by atoms with E-state index in [2.05, 4.69) is 10.1 Å². The molecule has 0 saturated carbocycles. The molecule has 1 rings (SSSR count). The predicted molar refractivity (Wildman–Crippen MR) is 80.1 cm³/mol. The third kappa shape index (κ3) is 5.55. The Morgan fingerprint density at radius 3 is 2.71 bits per heavy atom. The lowest BCUT2D eigenvalue weighted by Crippen LogP contribution is -2.36. The summed E-state index contributed by atoms with van der Waals surface area (Å²) < 4.78 is 4.61. The lowest BCUT2D eigenvalue weighted by atomic mass is 10.1. The smallest absolute Gasteiger partial charge is 0.310 e. The van der Waals surface area contributed by atoms with Gasteiger partial charge in [-0.25, -0.2) is 0 Å². The normalized spacial score (nSPS) is 11.6. The van der Waals surface area contributed by atoms with Gasteiger partial charge in [0.05, 0.1) is 13.0 Å². The van der Waals surface area contributed by atoms with E-state index in [4.69, 9.17) is 0 Å². The van der Waals surface area contributed by atoms with Crippen molar-refractivity contribution in [2.75, 3.05) is 27.2 Å². The highest BCUT2D eigenvalue weighted by atomic mass is 32.1. The minimum Gasteiger partial charge on any atom is -0.469 e. The standard InChI is InChI=1S/C14H20N2O4S/c1-10(14(19)20-3)8-16(2)12(17)4-6-15-13(18)11-5-7-21-9-11/h5,7,9-10H,4,6,8H2,1-3H3,(H,15,18). The first-order valence-electron chi connectivity index (χ1n) is 6.58. The number of rotatable bonds is 7. The molecule has 0 bridgehead atoms. The first-order valence-corrected chi connectivity index (χ1v) is 7.52. The number of nitrogens with one attached hydrogen (secondary N) is 1. The van der Waals surface area contributed by atoms with Crippen molar-refractivity contribution < 1.29 is 19.1 Å². The number of hydrogen-bond donors (Lipinski definition) is 1. The van der Waals surface area contributed by atoms with Gasteiger partial charge in [-0.15, -0.1) is 0 Å². The third-order valence-electron chi connectivity index (χ3n) is 2.98. The molecule has 7 heteroatoms. The van der Waals surface area contributed by atoms with Crippen LogP contribution in [0, 0.1) is 5.92 Å². The average molecular weight is 312 g/mol. The quantitative estimate of drug-likeness (QED) is 0.766. The summed E-state index contributed by atoms with van der Waals surface area (Å²) in [4.78, 5) is 36.3. The zero-order chi connectivity index (χ0) is 15.8. The van der Waals surface area contributed by atoms with E-state index in [1.807, 2.05) is 5.38 Å². The topological polar surface area (TPSA) is 75.7 Å². The van der Waals surface area contributed by atoms with E-state index in [0.29, 0.717) is 12.1 Å². The fourth-order valence-electron chi connectivity index (χ4n) is 1.76. The van der Waals surface area contributed by atoms with E-state index < -0.39 is 0 Å². The largest absolute Gasteiger partial charge is 0.469 e. The van der Waals surface area contributed by atoms with Gasteiger partial charge >= 0.3 is 5.97 Å². The van der Waals surface area contributed by atoms with Gasteiger partial charge in [0.2, 0.25) is 5.91 Å². The van der Waals surface area contributed by atoms with Crippen molar-refractivity contribution in [3.63, 3.8) is 0 Å². The van der Waals surface area contributed by atoms with Gasteiger partial charge in [-0.2, -0.15) is 11.3 Å². The molecule has 0 aliphatic heterocycles. The monoisotopic (exact) mass is 312 g/mol. The molecule has 0 fully saturated rings. The molecule has 116 valence electrons. The van der Waals surface area contributed by atoms with Crippen LogP contribution in [0.5, 0.6) is 0 Å². The summed E-state index contributed by atoms with van der Waals surface area (Å²) in [6.07, 6.45) is 0.195. The van der Waals surface area contributed by atoms with Gasteiger partial charge in [0, 0.05) is 37.5 Å². The second kappa shape index (κ2) is 8.41. The Labute approximate surface area is 128 Å². The molecular weight excluding hydrogens is 292 g/mol. The van der Waals surface area contributed by atoms with E-state index in [1.54, 1.807) is 25.4 Å². The molecule has 0 spiro atoms. The molecule has 1 N–H and O–H groups in total. The molecule has 2 amide bonds. The summed E-state index contributed by atoms with van der Waals surface area (Å²) in [5.74, 6) is -1.03. The first kappa shape index (κ1) is 17.2. The highest BCUT2D eigenvalue weighted by Crippen LogP contribution is 2.05. The highest BCUT2D eigenvalue weighted by molar-refractivity contribution is 7.08. The van der Waals surface area contributed by atoms with Gasteiger partial charge in [0.15, 0.2) is 0 Å². The lowest BCUT2D eigenvalue weighted by molar-refractivity contribution is -0.146. The Bertz CT molecular complexity index is 487. The number of ether oxygens (including phenoxy) is 1. The Morgan fingerprint density at radius 1 is 1.43 bits per heavy atom. The number of thiophene rings is 1. The number of hydrogen-bond acceptors (Lipinski definition) is 5. The molecule has 1 heterocycles. The molecule has 0 aromatic carbocycles. The fraction of sp³-hybridized carbons (Fsp3) is 0.500. The van der Waals surface area contributed by atoms with Crippen molar-refractivity contribution in [3.05, 3.63) is 22.4 Å². The highest BCUT2D eigenvalue weighted by Gasteiger charge is 2.18. The van der Waals surface area contributed by atoms with Crippen molar-refractivity contribution in [3.8, 4) is 0 Å². The maximum atomic E-state index is 11.9. The fourth-order valence-corrected chi connectivity index (χ4v) is 2.39. The van der Waals surface area contributed by atoms with Gasteiger partial charge in [-0.1, -0.05) is 6.92 Å². The first-order chi connectivity index (χ1) is 9.95. The molecule has 0 aliphatic carbocycles. The van der Waals surface area contributed by atoms with Gasteiger partial charge in [0.25, 0.3) is 5.91 Å². The molecule has 1 aromatic heterocycles. The van der Waals surface area contributed by atoms with Gasteiger partial charge in [-0.05, 0) is 11.4 Å². The molecule has 21 heavy (non-hydrogen) atoms. The van der Waals surface area contributed by atoms with E-state index in [0.717, 1.165) is 0 Å². The maximum absolute atomic E-state index is 11.9. The number of esters is 1. The summed E-state index contributed by atoms with van der Waals surface area (Å²) in [6.45, 7) is 2.27. The molecule has 6 nitrogen and oxygen atoms in total. The summed E-state index contributed by atoms with van der Waals surface area (Å²) in [5, 5.41) is 6.26. The van der Waals surface area contributed by atoms with Crippen molar-refractivity contribution >= 4 is 29.1 Å². The number of nitrogens with zero attached hydrogens (tertiary/aromatic N) is 1. The van der Waals surface area contributed by atoms with Crippen molar-refractivity contribution in [2.24, 2.45) is 5.92 Å². The SMILES string of the molecule is COC(=O)C(C)CN(C)C(=O)CCNC(=O)c1ccsc1. The minimum absolute atomic E-state index is 0.128. The Kier molecular flexibility index (Phi) is 6.87. The summed E-state index contributed by atoms with van der Waals surface area (Å²) in [7, 11) is 2.95. The number of carbonyl (C=O) groups excluding carboxylic acids is 3. The average Bonchev–Trinajstić information content (AvgIpc) is 3.00. The second-order valence-electron chi connectivity index (χ2n) is 4.72. The maximum Gasteiger partial charge on any atom is 0.310 e. The van der Waals surface area contributed by atoms with Gasteiger partial charge in [-0.3, -0.25) is 14.4 Å². The Morgan fingerprint density at radius 2 is 2.14 bits per heavy atom. The Hall–Kier alpha value is -1.89. The molecule has 0 radical (unpaired) electrons. The zero-order valence-electron chi connectivity index (χ0n) is 12.4. The molecule has 0 aliphatic rings. The van der Waals surface area contributed by atoms with Crippen LogP contribution in [0.1, 0.15) is 23.7 Å². The number of amides is 2. The predicted octanol–water partition coefficient (Wildman–Crippen LogP) is 1.14. The van der Waals surface area contributed by atoms with E-state index in [-0.39, 0.29) is 36.7 Å². The van der Waals surface area contributed by atoms with E-state index >= 15 is 0 Å². The van der Waals surface area contributed by atoms with Crippen LogP contribution in [0.15, 0.2) is 16.8 Å². The van der Waals surface area contributed by atoms with Crippen LogP contribution in [0.4, 0.5) is 0 Å². The molecule has 1 atom stereocenters. The molecular formula is C14H20N2O4S. The zero-order valence-corrected chi connectivity index (χ0v) is 13.2. The number of methoxy groups -OCH3 is 1. The second-order valence-corrected chi connectivity index (χ2v) is 5.50.